The standard InChI is InChI=1S/C15H25N3O2S/c16-8-4-9-17-10-12-18(13-11-17)21(19,20)14-7-15-5-2-1-3-6-15/h1-3,5-6H,4,7-14,16H2. The van der Waals surface area contributed by atoms with E-state index in [4.69, 9.17) is 5.73 Å². The summed E-state index contributed by atoms with van der Waals surface area (Å²) in [5.74, 6) is 0.194. The number of hydrogen-bond donors (Lipinski definition) is 1. The second-order valence-corrected chi connectivity index (χ2v) is 7.52. The van der Waals surface area contributed by atoms with E-state index in [1.54, 1.807) is 4.31 Å². The van der Waals surface area contributed by atoms with Gasteiger partial charge in [0.15, 0.2) is 0 Å². The highest BCUT2D eigenvalue weighted by Gasteiger charge is 2.26. The zero-order valence-electron chi connectivity index (χ0n) is 12.4. The van der Waals surface area contributed by atoms with Crippen LogP contribution in [0.5, 0.6) is 0 Å². The lowest BCUT2D eigenvalue weighted by Crippen LogP contribution is -2.49. The van der Waals surface area contributed by atoms with Crippen molar-refractivity contribution in [2.75, 3.05) is 45.0 Å². The lowest BCUT2D eigenvalue weighted by Gasteiger charge is -2.33. The minimum absolute atomic E-state index is 0.194. The molecule has 0 unspecified atom stereocenters. The topological polar surface area (TPSA) is 66.6 Å². The van der Waals surface area contributed by atoms with Crippen LogP contribution < -0.4 is 5.73 Å². The molecule has 118 valence electrons. The monoisotopic (exact) mass is 311 g/mol. The van der Waals surface area contributed by atoms with Gasteiger partial charge in [0.05, 0.1) is 5.75 Å². The van der Waals surface area contributed by atoms with Crippen molar-refractivity contribution in [2.45, 2.75) is 12.8 Å². The molecule has 5 nitrogen and oxygen atoms in total. The molecule has 0 atom stereocenters. The molecule has 2 N–H and O–H groups in total. The number of hydrogen-bond acceptors (Lipinski definition) is 4. The van der Waals surface area contributed by atoms with Crippen molar-refractivity contribution in [3.8, 4) is 0 Å². The number of sulfonamides is 1. The molecule has 1 aromatic carbocycles. The van der Waals surface area contributed by atoms with Gasteiger partial charge in [-0.15, -0.1) is 0 Å². The summed E-state index contributed by atoms with van der Waals surface area (Å²) in [4.78, 5) is 2.29. The third kappa shape index (κ3) is 5.07. The Morgan fingerprint density at radius 2 is 1.71 bits per heavy atom. The fourth-order valence-electron chi connectivity index (χ4n) is 2.57. The van der Waals surface area contributed by atoms with Crippen molar-refractivity contribution in [3.63, 3.8) is 0 Å². The fourth-order valence-corrected chi connectivity index (χ4v) is 4.04. The van der Waals surface area contributed by atoms with Gasteiger partial charge in [-0.3, -0.25) is 0 Å². The van der Waals surface area contributed by atoms with Crippen LogP contribution in [0, 0.1) is 0 Å². The Hall–Kier alpha value is -0.950. The third-order valence-electron chi connectivity index (χ3n) is 3.89. The molecule has 0 aromatic heterocycles. The highest BCUT2D eigenvalue weighted by Crippen LogP contribution is 2.10. The van der Waals surface area contributed by atoms with E-state index in [0.29, 0.717) is 26.1 Å². The minimum Gasteiger partial charge on any atom is -0.330 e. The van der Waals surface area contributed by atoms with Crippen molar-refractivity contribution in [3.05, 3.63) is 35.9 Å². The van der Waals surface area contributed by atoms with Crippen LogP contribution in [0.2, 0.25) is 0 Å². The van der Waals surface area contributed by atoms with E-state index in [2.05, 4.69) is 4.90 Å². The zero-order chi connectivity index (χ0) is 15.1. The summed E-state index contributed by atoms with van der Waals surface area (Å²) < 4.78 is 26.4. The SMILES string of the molecule is NCCCN1CCN(S(=O)(=O)CCc2ccccc2)CC1. The van der Waals surface area contributed by atoms with E-state index >= 15 is 0 Å². The molecule has 0 radical (unpaired) electrons. The largest absolute Gasteiger partial charge is 0.330 e. The van der Waals surface area contributed by atoms with Crippen LogP contribution in [0.4, 0.5) is 0 Å². The molecule has 1 fully saturated rings. The molecule has 1 heterocycles. The molecule has 1 aliphatic rings. The van der Waals surface area contributed by atoms with Gasteiger partial charge in [-0.05, 0) is 31.5 Å². The second kappa shape index (κ2) is 7.89. The molecule has 0 saturated carbocycles. The predicted molar refractivity (Wildman–Crippen MR) is 85.6 cm³/mol. The average molecular weight is 311 g/mol. The maximum Gasteiger partial charge on any atom is 0.214 e. The van der Waals surface area contributed by atoms with Crippen molar-refractivity contribution in [2.24, 2.45) is 5.73 Å². The normalized spacial score (nSPS) is 18.0. The van der Waals surface area contributed by atoms with Crippen molar-refractivity contribution in [1.29, 1.82) is 0 Å². The summed E-state index contributed by atoms with van der Waals surface area (Å²) in [7, 11) is -3.14. The highest BCUT2D eigenvalue weighted by atomic mass is 32.2. The van der Waals surface area contributed by atoms with Gasteiger partial charge < -0.3 is 10.6 Å². The quantitative estimate of drug-likeness (QED) is 0.797. The van der Waals surface area contributed by atoms with Gasteiger partial charge in [0.2, 0.25) is 10.0 Å². The Morgan fingerprint density at radius 3 is 2.33 bits per heavy atom. The Labute approximate surface area is 127 Å². The summed E-state index contributed by atoms with van der Waals surface area (Å²) in [5, 5.41) is 0. The van der Waals surface area contributed by atoms with E-state index in [1.807, 2.05) is 30.3 Å². The molecule has 0 bridgehead atoms. The number of nitrogens with two attached hydrogens (primary N) is 1. The van der Waals surface area contributed by atoms with Crippen LogP contribution in [0.3, 0.4) is 0 Å². The predicted octanol–water partition coefficient (Wildman–Crippen LogP) is 0.525. The van der Waals surface area contributed by atoms with Crippen molar-refractivity contribution >= 4 is 10.0 Å². The van der Waals surface area contributed by atoms with Gasteiger partial charge in [0, 0.05) is 26.2 Å². The molecular formula is C15H25N3O2S. The Bertz CT molecular complexity index is 511. The molecule has 6 heteroatoms. The number of aryl methyl sites for hydroxylation is 1. The zero-order valence-corrected chi connectivity index (χ0v) is 13.3. The lowest BCUT2D eigenvalue weighted by molar-refractivity contribution is 0.187. The third-order valence-corrected chi connectivity index (χ3v) is 5.77. The second-order valence-electron chi connectivity index (χ2n) is 5.43. The average Bonchev–Trinajstić information content (AvgIpc) is 2.52. The first-order chi connectivity index (χ1) is 10.1. The molecule has 21 heavy (non-hydrogen) atoms. The highest BCUT2D eigenvalue weighted by molar-refractivity contribution is 7.89. The molecule has 0 amide bonds. The molecule has 0 spiro atoms. The van der Waals surface area contributed by atoms with E-state index in [0.717, 1.165) is 31.6 Å². The van der Waals surface area contributed by atoms with Crippen LogP contribution in [-0.2, 0) is 16.4 Å². The number of piperazine rings is 1. The van der Waals surface area contributed by atoms with Gasteiger partial charge in [0.25, 0.3) is 0 Å². The van der Waals surface area contributed by atoms with Gasteiger partial charge in [-0.2, -0.15) is 4.31 Å². The fraction of sp³-hybridized carbons (Fsp3) is 0.600. The maximum atomic E-state index is 12.4. The molecule has 1 aromatic rings. The molecule has 1 aliphatic heterocycles. The van der Waals surface area contributed by atoms with Crippen LogP contribution in [0.1, 0.15) is 12.0 Å². The molecule has 0 aliphatic carbocycles. The summed E-state index contributed by atoms with van der Waals surface area (Å²) in [5.41, 5.74) is 6.58. The first-order valence-electron chi connectivity index (χ1n) is 7.56. The number of rotatable bonds is 7. The number of benzene rings is 1. The smallest absolute Gasteiger partial charge is 0.214 e. The first kappa shape index (κ1) is 16.4. The summed E-state index contributed by atoms with van der Waals surface area (Å²) in [6.45, 7) is 4.47. The Kier molecular flexibility index (Phi) is 6.17. The summed E-state index contributed by atoms with van der Waals surface area (Å²) in [6.07, 6.45) is 1.55. The van der Waals surface area contributed by atoms with Crippen LogP contribution in [0.25, 0.3) is 0 Å². The van der Waals surface area contributed by atoms with Crippen molar-refractivity contribution in [1.82, 2.24) is 9.21 Å². The van der Waals surface area contributed by atoms with Crippen molar-refractivity contribution < 1.29 is 8.42 Å². The van der Waals surface area contributed by atoms with Gasteiger partial charge in [-0.25, -0.2) is 8.42 Å². The summed E-state index contributed by atoms with van der Waals surface area (Å²) >= 11 is 0. The van der Waals surface area contributed by atoms with Gasteiger partial charge in [-0.1, -0.05) is 30.3 Å². The van der Waals surface area contributed by atoms with Crippen LogP contribution >= 0.6 is 0 Å². The molecule has 1 saturated heterocycles. The van der Waals surface area contributed by atoms with E-state index in [-0.39, 0.29) is 5.75 Å². The first-order valence-corrected chi connectivity index (χ1v) is 9.17. The number of nitrogens with zero attached hydrogens (tertiary/aromatic N) is 2. The Morgan fingerprint density at radius 1 is 1.05 bits per heavy atom. The van der Waals surface area contributed by atoms with Gasteiger partial charge in [0.1, 0.15) is 0 Å². The summed E-state index contributed by atoms with van der Waals surface area (Å²) in [6, 6.07) is 9.77. The minimum atomic E-state index is -3.14. The molecule has 2 rings (SSSR count). The van der Waals surface area contributed by atoms with Crippen LogP contribution in [0.15, 0.2) is 30.3 Å². The lowest BCUT2D eigenvalue weighted by atomic mass is 10.2. The van der Waals surface area contributed by atoms with E-state index in [1.165, 1.54) is 0 Å². The molecular weight excluding hydrogens is 286 g/mol. The van der Waals surface area contributed by atoms with Crippen LogP contribution in [-0.4, -0.2) is 62.6 Å². The van der Waals surface area contributed by atoms with Gasteiger partial charge >= 0.3 is 0 Å². The maximum absolute atomic E-state index is 12.4. The Balaban J connectivity index is 1.81. The van der Waals surface area contributed by atoms with E-state index in [9.17, 15) is 8.42 Å². The van der Waals surface area contributed by atoms with E-state index < -0.39 is 10.0 Å².